The van der Waals surface area contributed by atoms with Gasteiger partial charge in [0.25, 0.3) is 5.22 Å². The molecule has 0 fully saturated rings. The number of thioether (sulfide) groups is 1. The molecule has 1 heterocycles. The number of benzene rings is 1. The van der Waals surface area contributed by atoms with Crippen LogP contribution in [0.25, 0.3) is 0 Å². The Balaban J connectivity index is 2.16. The molecule has 3 nitrogen and oxygen atoms in total. The van der Waals surface area contributed by atoms with Gasteiger partial charge in [-0.1, -0.05) is 29.7 Å². The number of oxazole rings is 1. The second kappa shape index (κ2) is 6.24. The second-order valence-corrected chi connectivity index (χ2v) is 4.27. The Morgan fingerprint density at radius 2 is 2.33 bits per heavy atom. The summed E-state index contributed by atoms with van der Waals surface area (Å²) < 4.78 is 18.2. The maximum Gasteiger partial charge on any atom is 0.255 e. The average molecular weight is 263 g/mol. The monoisotopic (exact) mass is 263 g/mol. The van der Waals surface area contributed by atoms with Crippen LogP contribution >= 0.6 is 11.8 Å². The van der Waals surface area contributed by atoms with Crippen molar-refractivity contribution in [1.29, 1.82) is 0 Å². The number of halogens is 1. The van der Waals surface area contributed by atoms with Crippen molar-refractivity contribution >= 4 is 11.8 Å². The summed E-state index contributed by atoms with van der Waals surface area (Å²) in [5.41, 5.74) is 1.45. The zero-order valence-corrected chi connectivity index (χ0v) is 10.2. The van der Waals surface area contributed by atoms with Crippen molar-refractivity contribution in [3.63, 3.8) is 0 Å². The van der Waals surface area contributed by atoms with Gasteiger partial charge in [0.2, 0.25) is 0 Å². The van der Waals surface area contributed by atoms with Crippen molar-refractivity contribution in [2.75, 3.05) is 6.61 Å². The third kappa shape index (κ3) is 3.36. The smallest absolute Gasteiger partial charge is 0.255 e. The van der Waals surface area contributed by atoms with Crippen molar-refractivity contribution in [2.24, 2.45) is 0 Å². The van der Waals surface area contributed by atoms with Gasteiger partial charge in [0.05, 0.1) is 6.20 Å². The second-order valence-electron chi connectivity index (χ2n) is 3.35. The summed E-state index contributed by atoms with van der Waals surface area (Å²) >= 11 is 1.40. The first-order chi connectivity index (χ1) is 8.79. The molecule has 1 N–H and O–H groups in total. The Bertz CT molecular complexity index is 572. The van der Waals surface area contributed by atoms with Crippen molar-refractivity contribution in [3.05, 3.63) is 47.6 Å². The molecule has 5 heteroatoms. The molecule has 0 saturated carbocycles. The summed E-state index contributed by atoms with van der Waals surface area (Å²) in [4.78, 5) is 3.99. The fourth-order valence-corrected chi connectivity index (χ4v) is 2.14. The maximum atomic E-state index is 13.1. The Morgan fingerprint density at radius 1 is 1.44 bits per heavy atom. The molecule has 0 spiro atoms. The highest BCUT2D eigenvalue weighted by Gasteiger charge is 2.05. The van der Waals surface area contributed by atoms with E-state index in [2.05, 4.69) is 16.8 Å². The zero-order chi connectivity index (χ0) is 12.8. The number of aromatic nitrogens is 1. The van der Waals surface area contributed by atoms with E-state index in [1.54, 1.807) is 12.3 Å². The van der Waals surface area contributed by atoms with E-state index >= 15 is 0 Å². The van der Waals surface area contributed by atoms with Gasteiger partial charge in [-0.2, -0.15) is 0 Å². The molecule has 0 bridgehead atoms. The van der Waals surface area contributed by atoms with E-state index in [1.165, 1.54) is 30.2 Å². The lowest BCUT2D eigenvalue weighted by atomic mass is 10.1. The summed E-state index contributed by atoms with van der Waals surface area (Å²) in [5.74, 6) is 5.48. The number of aliphatic hydroxyl groups excluding tert-OH is 1. The van der Waals surface area contributed by atoms with Crippen LogP contribution in [0.15, 0.2) is 40.3 Å². The Kier molecular flexibility index (Phi) is 4.40. The Morgan fingerprint density at radius 3 is 3.06 bits per heavy atom. The minimum atomic E-state index is -0.345. The van der Waals surface area contributed by atoms with Gasteiger partial charge in [0.1, 0.15) is 18.7 Å². The minimum Gasteiger partial charge on any atom is -0.440 e. The first kappa shape index (κ1) is 12.7. The molecular formula is C13H10FNO2S. The highest BCUT2D eigenvalue weighted by molar-refractivity contribution is 7.98. The lowest BCUT2D eigenvalue weighted by Gasteiger charge is -2.02. The van der Waals surface area contributed by atoms with Crippen LogP contribution in [0.2, 0.25) is 0 Å². The van der Waals surface area contributed by atoms with Gasteiger partial charge in [-0.15, -0.1) is 0 Å². The first-order valence-electron chi connectivity index (χ1n) is 5.20. The predicted molar refractivity (Wildman–Crippen MR) is 66.4 cm³/mol. The van der Waals surface area contributed by atoms with E-state index in [4.69, 9.17) is 9.52 Å². The molecule has 0 amide bonds. The molecular weight excluding hydrogens is 253 g/mol. The van der Waals surface area contributed by atoms with Crippen LogP contribution in [0, 0.1) is 17.7 Å². The topological polar surface area (TPSA) is 46.3 Å². The molecule has 1 aromatic heterocycles. The summed E-state index contributed by atoms with van der Waals surface area (Å²) in [5, 5.41) is 9.23. The number of nitrogens with zero attached hydrogens (tertiary/aromatic N) is 1. The Hall–Kier alpha value is -1.77. The van der Waals surface area contributed by atoms with Crippen LogP contribution in [0.5, 0.6) is 0 Å². The number of aliphatic hydroxyl groups is 1. The lowest BCUT2D eigenvalue weighted by Crippen LogP contribution is -1.90. The summed E-state index contributed by atoms with van der Waals surface area (Å²) in [6.07, 6.45) is 3.07. The molecule has 0 unspecified atom stereocenters. The standard InChI is InChI=1S/C13H10FNO2S/c14-12-4-3-11(10(8-12)2-1-6-16)9-18-13-15-5-7-17-13/h3-5,7-8,16H,6,9H2. The van der Waals surface area contributed by atoms with Crippen LogP contribution in [0.4, 0.5) is 4.39 Å². The molecule has 2 aromatic rings. The van der Waals surface area contributed by atoms with E-state index < -0.39 is 0 Å². The first-order valence-corrected chi connectivity index (χ1v) is 6.18. The van der Waals surface area contributed by atoms with Gasteiger partial charge in [0, 0.05) is 11.3 Å². The van der Waals surface area contributed by atoms with Crippen molar-refractivity contribution < 1.29 is 13.9 Å². The molecule has 0 atom stereocenters. The molecule has 1 aromatic carbocycles. The molecule has 92 valence electrons. The average Bonchev–Trinajstić information content (AvgIpc) is 2.88. The minimum absolute atomic E-state index is 0.247. The molecule has 0 saturated heterocycles. The number of hydrogen-bond donors (Lipinski definition) is 1. The zero-order valence-electron chi connectivity index (χ0n) is 9.39. The maximum absolute atomic E-state index is 13.1. The molecule has 0 radical (unpaired) electrons. The SMILES string of the molecule is OCC#Cc1cc(F)ccc1CSc1ncco1. The van der Waals surface area contributed by atoms with E-state index in [0.717, 1.165) is 5.56 Å². The van der Waals surface area contributed by atoms with E-state index in [9.17, 15) is 4.39 Å². The highest BCUT2D eigenvalue weighted by Crippen LogP contribution is 2.23. The molecule has 0 aliphatic rings. The van der Waals surface area contributed by atoms with E-state index in [1.807, 2.05) is 0 Å². The Labute approximate surface area is 108 Å². The molecule has 0 aliphatic heterocycles. The largest absolute Gasteiger partial charge is 0.440 e. The molecule has 18 heavy (non-hydrogen) atoms. The van der Waals surface area contributed by atoms with Gasteiger partial charge < -0.3 is 9.52 Å². The van der Waals surface area contributed by atoms with Crippen molar-refractivity contribution in [2.45, 2.75) is 11.0 Å². The summed E-state index contributed by atoms with van der Waals surface area (Å²) in [6.45, 7) is -0.247. The fourth-order valence-electron chi connectivity index (χ4n) is 1.35. The molecule has 0 aliphatic carbocycles. The molecule has 2 rings (SSSR count). The van der Waals surface area contributed by atoms with Gasteiger partial charge in [-0.05, 0) is 17.7 Å². The van der Waals surface area contributed by atoms with Crippen molar-refractivity contribution in [3.8, 4) is 11.8 Å². The third-order valence-electron chi connectivity index (χ3n) is 2.13. The lowest BCUT2D eigenvalue weighted by molar-refractivity contribution is 0.350. The van der Waals surface area contributed by atoms with Gasteiger partial charge in [0.15, 0.2) is 0 Å². The van der Waals surface area contributed by atoms with Gasteiger partial charge >= 0.3 is 0 Å². The van der Waals surface area contributed by atoms with Gasteiger partial charge in [-0.3, -0.25) is 0 Å². The quantitative estimate of drug-likeness (QED) is 0.682. The van der Waals surface area contributed by atoms with Gasteiger partial charge in [-0.25, -0.2) is 9.37 Å². The number of rotatable bonds is 3. The van der Waals surface area contributed by atoms with Crippen LogP contribution in [-0.2, 0) is 5.75 Å². The van der Waals surface area contributed by atoms with E-state index in [0.29, 0.717) is 16.5 Å². The number of hydrogen-bond acceptors (Lipinski definition) is 4. The predicted octanol–water partition coefficient (Wildman–Crippen LogP) is 2.45. The highest BCUT2D eigenvalue weighted by atomic mass is 32.2. The van der Waals surface area contributed by atoms with Crippen molar-refractivity contribution in [1.82, 2.24) is 4.98 Å². The third-order valence-corrected chi connectivity index (χ3v) is 3.04. The van der Waals surface area contributed by atoms with E-state index in [-0.39, 0.29) is 12.4 Å². The fraction of sp³-hybridized carbons (Fsp3) is 0.154. The van der Waals surface area contributed by atoms with Crippen LogP contribution in [0.3, 0.4) is 0 Å². The summed E-state index contributed by atoms with van der Waals surface area (Å²) in [7, 11) is 0. The summed E-state index contributed by atoms with van der Waals surface area (Å²) in [6, 6.07) is 4.41. The normalized spacial score (nSPS) is 9.89. The van der Waals surface area contributed by atoms with Crippen LogP contribution in [0.1, 0.15) is 11.1 Å². The van der Waals surface area contributed by atoms with Crippen LogP contribution < -0.4 is 0 Å². The van der Waals surface area contributed by atoms with Crippen LogP contribution in [-0.4, -0.2) is 16.7 Å².